The number of aryl methyl sites for hydroxylation is 1. The fraction of sp³-hybridized carbons (Fsp3) is 0.400. The summed E-state index contributed by atoms with van der Waals surface area (Å²) in [5.74, 6) is 0.953. The number of benzene rings is 2. The van der Waals surface area contributed by atoms with Gasteiger partial charge in [0.25, 0.3) is 0 Å². The quantitative estimate of drug-likeness (QED) is 0.508. The molecule has 0 fully saturated rings. The van der Waals surface area contributed by atoms with Gasteiger partial charge in [-0.1, -0.05) is 36.4 Å². The molecule has 2 aromatic rings. The molecule has 24 heavy (non-hydrogen) atoms. The first-order valence-electron chi connectivity index (χ1n) is 8.56. The predicted molar refractivity (Wildman–Crippen MR) is 104 cm³/mol. The summed E-state index contributed by atoms with van der Waals surface area (Å²) in [5.41, 5.74) is 3.61. The van der Waals surface area contributed by atoms with Crippen LogP contribution in [0.2, 0.25) is 19.6 Å². The van der Waals surface area contributed by atoms with E-state index in [0.29, 0.717) is 6.61 Å². The van der Waals surface area contributed by atoms with Gasteiger partial charge in [-0.3, -0.25) is 0 Å². The van der Waals surface area contributed by atoms with Crippen molar-refractivity contribution in [3.63, 3.8) is 0 Å². The third-order valence-corrected chi connectivity index (χ3v) is 4.40. The lowest BCUT2D eigenvalue weighted by molar-refractivity contribution is 0.185. The SMILES string of the molecule is COCc1ccc(O[Si](C)(C)C)c(NCCCc2ccccc2)c1. The first-order valence-corrected chi connectivity index (χ1v) is 12.0. The minimum atomic E-state index is -1.64. The number of anilines is 1. The van der Waals surface area contributed by atoms with Crippen molar-refractivity contribution < 1.29 is 9.16 Å². The molecule has 0 aromatic heterocycles. The van der Waals surface area contributed by atoms with E-state index in [1.54, 1.807) is 7.11 Å². The Labute approximate surface area is 147 Å². The second kappa shape index (κ2) is 8.90. The van der Waals surface area contributed by atoms with Gasteiger partial charge >= 0.3 is 0 Å². The smallest absolute Gasteiger partial charge is 0.242 e. The average Bonchev–Trinajstić information content (AvgIpc) is 2.54. The van der Waals surface area contributed by atoms with E-state index in [1.165, 1.54) is 5.56 Å². The van der Waals surface area contributed by atoms with Gasteiger partial charge in [-0.05, 0) is 55.7 Å². The summed E-state index contributed by atoms with van der Waals surface area (Å²) in [5, 5.41) is 3.55. The number of methoxy groups -OCH3 is 1. The van der Waals surface area contributed by atoms with Crippen LogP contribution in [0.1, 0.15) is 17.5 Å². The fourth-order valence-electron chi connectivity index (χ4n) is 2.55. The summed E-state index contributed by atoms with van der Waals surface area (Å²) >= 11 is 0. The maximum Gasteiger partial charge on any atom is 0.242 e. The van der Waals surface area contributed by atoms with E-state index in [1.807, 2.05) is 0 Å². The van der Waals surface area contributed by atoms with E-state index in [4.69, 9.17) is 9.16 Å². The lowest BCUT2D eigenvalue weighted by Crippen LogP contribution is -2.29. The molecule has 0 atom stereocenters. The molecule has 0 aliphatic rings. The Balaban J connectivity index is 1.98. The van der Waals surface area contributed by atoms with E-state index in [-0.39, 0.29) is 0 Å². The minimum absolute atomic E-state index is 0.617. The van der Waals surface area contributed by atoms with Crippen LogP contribution in [0.4, 0.5) is 5.69 Å². The van der Waals surface area contributed by atoms with Crippen molar-refractivity contribution in [3.05, 3.63) is 59.7 Å². The number of ether oxygens (including phenoxy) is 1. The highest BCUT2D eigenvalue weighted by molar-refractivity contribution is 6.70. The molecule has 0 amide bonds. The monoisotopic (exact) mass is 343 g/mol. The number of hydrogen-bond acceptors (Lipinski definition) is 3. The van der Waals surface area contributed by atoms with E-state index in [2.05, 4.69) is 73.5 Å². The molecule has 3 nitrogen and oxygen atoms in total. The molecule has 0 aliphatic heterocycles. The molecular weight excluding hydrogens is 314 g/mol. The van der Waals surface area contributed by atoms with Gasteiger partial charge in [0.15, 0.2) is 0 Å². The van der Waals surface area contributed by atoms with E-state index in [0.717, 1.165) is 36.4 Å². The van der Waals surface area contributed by atoms with Gasteiger partial charge in [-0.15, -0.1) is 0 Å². The van der Waals surface area contributed by atoms with E-state index in [9.17, 15) is 0 Å². The number of rotatable bonds is 9. The lowest BCUT2D eigenvalue weighted by Gasteiger charge is -2.22. The Kier molecular flexibility index (Phi) is 6.88. The van der Waals surface area contributed by atoms with Crippen LogP contribution in [0, 0.1) is 0 Å². The van der Waals surface area contributed by atoms with Gasteiger partial charge in [0.1, 0.15) is 5.75 Å². The highest BCUT2D eigenvalue weighted by atomic mass is 28.4. The Morgan fingerprint density at radius 3 is 2.38 bits per heavy atom. The zero-order valence-corrected chi connectivity index (χ0v) is 16.3. The van der Waals surface area contributed by atoms with Crippen molar-refractivity contribution in [1.82, 2.24) is 0 Å². The second-order valence-electron chi connectivity index (χ2n) is 6.99. The average molecular weight is 344 g/mol. The zero-order chi connectivity index (χ0) is 17.4. The summed E-state index contributed by atoms with van der Waals surface area (Å²) in [7, 11) is 0.0849. The van der Waals surface area contributed by atoms with Crippen LogP contribution >= 0.6 is 0 Å². The summed E-state index contributed by atoms with van der Waals surface area (Å²) in [4.78, 5) is 0. The molecular formula is C20H29NO2Si. The van der Waals surface area contributed by atoms with E-state index < -0.39 is 8.32 Å². The highest BCUT2D eigenvalue weighted by Gasteiger charge is 2.18. The normalized spacial score (nSPS) is 11.3. The molecule has 0 bridgehead atoms. The lowest BCUT2D eigenvalue weighted by atomic mass is 10.1. The highest BCUT2D eigenvalue weighted by Crippen LogP contribution is 2.28. The third-order valence-electron chi connectivity index (χ3n) is 3.57. The molecule has 0 radical (unpaired) electrons. The van der Waals surface area contributed by atoms with Gasteiger partial charge in [0, 0.05) is 13.7 Å². The Hall–Kier alpha value is -1.78. The first kappa shape index (κ1) is 18.6. The van der Waals surface area contributed by atoms with Crippen LogP contribution in [0.3, 0.4) is 0 Å². The van der Waals surface area contributed by atoms with Gasteiger partial charge in [-0.2, -0.15) is 0 Å². The molecule has 2 aromatic carbocycles. The van der Waals surface area contributed by atoms with Crippen LogP contribution in [0.15, 0.2) is 48.5 Å². The van der Waals surface area contributed by atoms with Crippen LogP contribution in [0.5, 0.6) is 5.75 Å². The van der Waals surface area contributed by atoms with Crippen LogP contribution in [-0.4, -0.2) is 22.0 Å². The van der Waals surface area contributed by atoms with Crippen molar-refractivity contribution in [2.45, 2.75) is 39.1 Å². The molecule has 0 unspecified atom stereocenters. The third kappa shape index (κ3) is 6.38. The summed E-state index contributed by atoms with van der Waals surface area (Å²) < 4.78 is 11.5. The minimum Gasteiger partial charge on any atom is -0.543 e. The molecule has 2 rings (SSSR count). The summed E-state index contributed by atoms with van der Waals surface area (Å²) in [6, 6.07) is 16.9. The maximum atomic E-state index is 6.22. The molecule has 0 saturated carbocycles. The van der Waals surface area contributed by atoms with Gasteiger partial charge < -0.3 is 14.5 Å². The maximum absolute atomic E-state index is 6.22. The van der Waals surface area contributed by atoms with Crippen molar-refractivity contribution in [2.75, 3.05) is 19.0 Å². The van der Waals surface area contributed by atoms with Crippen molar-refractivity contribution >= 4 is 14.0 Å². The van der Waals surface area contributed by atoms with Gasteiger partial charge in [0.2, 0.25) is 8.32 Å². The van der Waals surface area contributed by atoms with Crippen LogP contribution < -0.4 is 9.74 Å². The summed E-state index contributed by atoms with van der Waals surface area (Å²) in [6.07, 6.45) is 2.17. The van der Waals surface area contributed by atoms with Crippen LogP contribution in [0.25, 0.3) is 0 Å². The first-order chi connectivity index (χ1) is 11.5. The van der Waals surface area contributed by atoms with Crippen molar-refractivity contribution in [2.24, 2.45) is 0 Å². The number of hydrogen-bond donors (Lipinski definition) is 1. The largest absolute Gasteiger partial charge is 0.543 e. The second-order valence-corrected chi connectivity index (χ2v) is 11.4. The molecule has 1 N–H and O–H groups in total. The predicted octanol–water partition coefficient (Wildman–Crippen LogP) is 5.09. The van der Waals surface area contributed by atoms with Gasteiger partial charge in [-0.25, -0.2) is 0 Å². The van der Waals surface area contributed by atoms with Crippen LogP contribution in [-0.2, 0) is 17.8 Å². The molecule has 130 valence electrons. The Morgan fingerprint density at radius 2 is 1.71 bits per heavy atom. The standard InChI is InChI=1S/C20H29NO2Si/c1-22-16-18-12-13-20(23-24(2,3)4)19(15-18)21-14-8-11-17-9-6-5-7-10-17/h5-7,9-10,12-13,15,21H,8,11,14,16H2,1-4H3. The molecule has 4 heteroatoms. The zero-order valence-electron chi connectivity index (χ0n) is 15.3. The topological polar surface area (TPSA) is 30.5 Å². The fourth-order valence-corrected chi connectivity index (χ4v) is 3.39. The summed E-state index contributed by atoms with van der Waals surface area (Å²) in [6.45, 7) is 8.15. The number of nitrogens with one attached hydrogen (secondary N) is 1. The van der Waals surface area contributed by atoms with Gasteiger partial charge in [0.05, 0.1) is 12.3 Å². The Bertz CT molecular complexity index is 623. The van der Waals surface area contributed by atoms with Crippen molar-refractivity contribution in [3.8, 4) is 5.75 Å². The molecule has 0 aliphatic carbocycles. The molecule has 0 spiro atoms. The van der Waals surface area contributed by atoms with E-state index >= 15 is 0 Å². The molecule has 0 heterocycles. The van der Waals surface area contributed by atoms with Crippen molar-refractivity contribution in [1.29, 1.82) is 0 Å². The Morgan fingerprint density at radius 1 is 0.958 bits per heavy atom. The molecule has 0 saturated heterocycles.